The standard InChI is InChI=1S/C59H42N2/c1-5-18-44(19-6-1)59(45-20-7-2-8-21-45)54-28-16-15-27-51(54)52-36-35-49(40-55(52)59)60(46-22-9-3-10-23-46)48-33-29-41(30-34-48)43-32-37-56-53(39-43)58-50-26-14-13-17-42(50)31-38-57(58)61(56)47-24-11-4-12-25-47/h1-7,9-20,22-40H,8,21H2. The number of para-hydroxylation sites is 2. The lowest BCUT2D eigenvalue weighted by Crippen LogP contribution is -2.30. The molecule has 0 bridgehead atoms. The van der Waals surface area contributed by atoms with Crippen LogP contribution in [-0.4, -0.2) is 4.57 Å². The molecule has 9 aromatic carbocycles. The highest BCUT2D eigenvalue weighted by Gasteiger charge is 2.47. The Morgan fingerprint density at radius 3 is 1.92 bits per heavy atom. The van der Waals surface area contributed by atoms with Crippen LogP contribution >= 0.6 is 0 Å². The van der Waals surface area contributed by atoms with Crippen LogP contribution in [0.4, 0.5) is 17.1 Å². The van der Waals surface area contributed by atoms with Gasteiger partial charge in [0.2, 0.25) is 0 Å². The summed E-state index contributed by atoms with van der Waals surface area (Å²) in [6, 6.07) is 78.3. The molecule has 0 fully saturated rings. The van der Waals surface area contributed by atoms with Gasteiger partial charge in [0.15, 0.2) is 0 Å². The molecule has 0 saturated carbocycles. The Morgan fingerprint density at radius 1 is 0.459 bits per heavy atom. The van der Waals surface area contributed by atoms with Gasteiger partial charge in [-0.1, -0.05) is 169 Å². The first kappa shape index (κ1) is 35.3. The summed E-state index contributed by atoms with van der Waals surface area (Å²) in [5, 5.41) is 5.07. The fraction of sp³-hybridized carbons (Fsp3) is 0.0508. The van der Waals surface area contributed by atoms with E-state index in [4.69, 9.17) is 0 Å². The predicted octanol–water partition coefficient (Wildman–Crippen LogP) is 15.7. The van der Waals surface area contributed by atoms with Crippen molar-refractivity contribution in [3.63, 3.8) is 0 Å². The minimum absolute atomic E-state index is 0.395. The molecule has 0 amide bonds. The van der Waals surface area contributed by atoms with Crippen LogP contribution in [-0.2, 0) is 5.41 Å². The third-order valence-corrected chi connectivity index (χ3v) is 13.1. The first-order valence-electron chi connectivity index (χ1n) is 21.4. The molecule has 2 aliphatic carbocycles. The summed E-state index contributed by atoms with van der Waals surface area (Å²) >= 11 is 0. The maximum Gasteiger partial charge on any atom is 0.0677 e. The lowest BCUT2D eigenvalue weighted by Gasteiger charge is -2.37. The minimum Gasteiger partial charge on any atom is -0.310 e. The monoisotopic (exact) mass is 778 g/mol. The molecule has 288 valence electrons. The van der Waals surface area contributed by atoms with E-state index in [0.29, 0.717) is 0 Å². The van der Waals surface area contributed by atoms with Crippen molar-refractivity contribution >= 4 is 49.6 Å². The quantitative estimate of drug-likeness (QED) is 0.156. The van der Waals surface area contributed by atoms with E-state index in [-0.39, 0.29) is 0 Å². The smallest absolute Gasteiger partial charge is 0.0677 e. The fourth-order valence-corrected chi connectivity index (χ4v) is 10.5. The van der Waals surface area contributed by atoms with Gasteiger partial charge in [-0.2, -0.15) is 0 Å². The van der Waals surface area contributed by atoms with Gasteiger partial charge in [0, 0.05) is 33.5 Å². The summed E-state index contributed by atoms with van der Waals surface area (Å²) in [4.78, 5) is 2.42. The van der Waals surface area contributed by atoms with Crippen molar-refractivity contribution < 1.29 is 0 Å². The zero-order chi connectivity index (χ0) is 40.3. The Labute approximate surface area is 356 Å². The minimum atomic E-state index is -0.395. The van der Waals surface area contributed by atoms with Gasteiger partial charge in [0.1, 0.15) is 0 Å². The van der Waals surface area contributed by atoms with E-state index in [1.807, 2.05) is 0 Å². The lowest BCUT2D eigenvalue weighted by molar-refractivity contribution is 0.693. The van der Waals surface area contributed by atoms with Crippen LogP contribution in [0.2, 0.25) is 0 Å². The van der Waals surface area contributed by atoms with Gasteiger partial charge in [-0.25, -0.2) is 0 Å². The average molecular weight is 779 g/mol. The van der Waals surface area contributed by atoms with Crippen molar-refractivity contribution in [1.82, 2.24) is 4.57 Å². The van der Waals surface area contributed by atoms with E-state index in [1.54, 1.807) is 0 Å². The second kappa shape index (κ2) is 14.3. The zero-order valence-electron chi connectivity index (χ0n) is 33.7. The largest absolute Gasteiger partial charge is 0.310 e. The number of rotatable bonds is 7. The second-order valence-electron chi connectivity index (χ2n) is 16.4. The molecule has 12 rings (SSSR count). The lowest BCUT2D eigenvalue weighted by atomic mass is 9.65. The number of allylic oxidation sites excluding steroid dienone is 4. The summed E-state index contributed by atoms with van der Waals surface area (Å²) in [6.07, 6.45) is 8.99. The van der Waals surface area contributed by atoms with Gasteiger partial charge < -0.3 is 9.47 Å². The van der Waals surface area contributed by atoms with Gasteiger partial charge in [-0.05, 0) is 129 Å². The summed E-state index contributed by atoms with van der Waals surface area (Å²) in [5.74, 6) is 0. The van der Waals surface area contributed by atoms with Crippen LogP contribution in [0.1, 0.15) is 29.5 Å². The Morgan fingerprint density at radius 2 is 1.11 bits per heavy atom. The second-order valence-corrected chi connectivity index (χ2v) is 16.4. The van der Waals surface area contributed by atoms with Crippen molar-refractivity contribution in [2.24, 2.45) is 0 Å². The van der Waals surface area contributed by atoms with E-state index in [9.17, 15) is 0 Å². The molecule has 2 nitrogen and oxygen atoms in total. The molecule has 2 heteroatoms. The Kier molecular flexibility index (Phi) is 8.24. The molecule has 1 unspecified atom stereocenters. The molecular formula is C59H42N2. The van der Waals surface area contributed by atoms with E-state index in [1.165, 1.54) is 82.8 Å². The summed E-state index contributed by atoms with van der Waals surface area (Å²) in [6.45, 7) is 0. The van der Waals surface area contributed by atoms with E-state index in [0.717, 1.165) is 29.9 Å². The zero-order valence-corrected chi connectivity index (χ0v) is 33.7. The molecule has 0 aliphatic heterocycles. The Balaban J connectivity index is 1.01. The van der Waals surface area contributed by atoms with Crippen LogP contribution in [0.15, 0.2) is 236 Å². The number of nitrogens with zero attached hydrogens (tertiary/aromatic N) is 2. The van der Waals surface area contributed by atoms with E-state index in [2.05, 4.69) is 240 Å². The summed E-state index contributed by atoms with van der Waals surface area (Å²) < 4.78 is 2.41. The third kappa shape index (κ3) is 5.49. The SMILES string of the molecule is C1=CCCC(C2(c3ccccc3)c3ccccc3-c3ccc(N(c4ccccc4)c4ccc(-c5ccc6c(c5)c5c7ccccc7ccc5n6-c5ccccc5)cc4)cc32)=C1. The highest BCUT2D eigenvalue weighted by atomic mass is 15.1. The molecular weight excluding hydrogens is 737 g/mol. The molecule has 1 heterocycles. The number of hydrogen-bond donors (Lipinski definition) is 0. The predicted molar refractivity (Wildman–Crippen MR) is 257 cm³/mol. The third-order valence-electron chi connectivity index (χ3n) is 13.1. The van der Waals surface area contributed by atoms with E-state index < -0.39 is 5.41 Å². The van der Waals surface area contributed by atoms with Crippen LogP contribution < -0.4 is 4.90 Å². The molecule has 2 aliphatic rings. The Hall–Kier alpha value is -7.68. The first-order valence-corrected chi connectivity index (χ1v) is 21.4. The van der Waals surface area contributed by atoms with Crippen molar-refractivity contribution in [2.75, 3.05) is 4.90 Å². The van der Waals surface area contributed by atoms with Crippen LogP contribution in [0.5, 0.6) is 0 Å². The van der Waals surface area contributed by atoms with Crippen LogP contribution in [0, 0.1) is 0 Å². The number of anilines is 3. The van der Waals surface area contributed by atoms with Crippen molar-refractivity contribution in [3.8, 4) is 27.9 Å². The topological polar surface area (TPSA) is 8.17 Å². The van der Waals surface area contributed by atoms with Crippen LogP contribution in [0.25, 0.3) is 60.5 Å². The van der Waals surface area contributed by atoms with E-state index >= 15 is 0 Å². The molecule has 10 aromatic rings. The van der Waals surface area contributed by atoms with Crippen LogP contribution in [0.3, 0.4) is 0 Å². The number of aromatic nitrogens is 1. The molecule has 1 aromatic heterocycles. The number of hydrogen-bond acceptors (Lipinski definition) is 1. The van der Waals surface area contributed by atoms with Crippen molar-refractivity contribution in [1.29, 1.82) is 0 Å². The normalized spacial score (nSPS) is 15.5. The molecule has 0 N–H and O–H groups in total. The van der Waals surface area contributed by atoms with Gasteiger partial charge in [-0.15, -0.1) is 0 Å². The average Bonchev–Trinajstić information content (AvgIpc) is 3.83. The summed E-state index contributed by atoms with van der Waals surface area (Å²) in [5.41, 5.74) is 17.0. The maximum absolute atomic E-state index is 2.48. The van der Waals surface area contributed by atoms with Crippen molar-refractivity contribution in [2.45, 2.75) is 18.3 Å². The first-order chi connectivity index (χ1) is 30.3. The molecule has 61 heavy (non-hydrogen) atoms. The Bertz CT molecular complexity index is 3340. The highest BCUT2D eigenvalue weighted by molar-refractivity contribution is 6.22. The number of fused-ring (bicyclic) bond motifs is 8. The number of benzene rings is 9. The van der Waals surface area contributed by atoms with Crippen molar-refractivity contribution in [3.05, 3.63) is 253 Å². The fourth-order valence-electron chi connectivity index (χ4n) is 10.5. The molecule has 0 saturated heterocycles. The van der Waals surface area contributed by atoms with Gasteiger partial charge in [0.05, 0.1) is 16.4 Å². The molecule has 1 atom stereocenters. The van der Waals surface area contributed by atoms with Gasteiger partial charge in [-0.3, -0.25) is 0 Å². The maximum atomic E-state index is 2.48. The summed E-state index contributed by atoms with van der Waals surface area (Å²) in [7, 11) is 0. The van der Waals surface area contributed by atoms with Gasteiger partial charge >= 0.3 is 0 Å². The molecule has 0 spiro atoms. The molecule has 0 radical (unpaired) electrons. The van der Waals surface area contributed by atoms with Gasteiger partial charge in [0.25, 0.3) is 0 Å². The highest BCUT2D eigenvalue weighted by Crippen LogP contribution is 2.58.